The van der Waals surface area contributed by atoms with Crippen LogP contribution in [0, 0.1) is 5.95 Å². The molecule has 0 saturated carbocycles. The molecule has 0 aliphatic heterocycles. The van der Waals surface area contributed by atoms with Crippen molar-refractivity contribution in [3.8, 4) is 0 Å². The average Bonchev–Trinajstić information content (AvgIpc) is 2.45. The lowest BCUT2D eigenvalue weighted by molar-refractivity contribution is 0.585. The summed E-state index contributed by atoms with van der Waals surface area (Å²) in [4.78, 5) is 8.15. The smallest absolute Gasteiger partial charge is 0.214 e. The van der Waals surface area contributed by atoms with Crippen molar-refractivity contribution in [2.24, 2.45) is 0 Å². The molecule has 3 nitrogen and oxygen atoms in total. The van der Waals surface area contributed by atoms with Crippen LogP contribution in [-0.2, 0) is 6.54 Å². The first kappa shape index (κ1) is 11.6. The zero-order valence-corrected chi connectivity index (χ0v) is 10.2. The summed E-state index contributed by atoms with van der Waals surface area (Å²) >= 11 is 0. The predicted octanol–water partition coefficient (Wildman–Crippen LogP) is 3.38. The average molecular weight is 253 g/mol. The van der Waals surface area contributed by atoms with Gasteiger partial charge in [-0.05, 0) is 23.8 Å². The van der Waals surface area contributed by atoms with Gasteiger partial charge in [0.05, 0.1) is 5.52 Å². The molecule has 0 aliphatic carbocycles. The van der Waals surface area contributed by atoms with Gasteiger partial charge < -0.3 is 5.32 Å². The number of rotatable bonds is 3. The first-order valence-corrected chi connectivity index (χ1v) is 6.02. The summed E-state index contributed by atoms with van der Waals surface area (Å²) in [6, 6.07) is 14.6. The number of fused-ring (bicyclic) bond motifs is 1. The summed E-state index contributed by atoms with van der Waals surface area (Å²) in [6.07, 6.45) is 1.77. The van der Waals surface area contributed by atoms with Gasteiger partial charge in [-0.2, -0.15) is 4.39 Å². The molecule has 0 bridgehead atoms. The minimum atomic E-state index is -0.485. The van der Waals surface area contributed by atoms with Crippen molar-refractivity contribution in [3.63, 3.8) is 0 Å². The van der Waals surface area contributed by atoms with Crippen molar-refractivity contribution in [2.75, 3.05) is 5.32 Å². The minimum absolute atomic E-state index is 0.485. The second-order valence-corrected chi connectivity index (χ2v) is 4.19. The van der Waals surface area contributed by atoms with Crippen LogP contribution in [0.15, 0.2) is 54.7 Å². The van der Waals surface area contributed by atoms with E-state index in [0.29, 0.717) is 12.4 Å². The van der Waals surface area contributed by atoms with Crippen LogP contribution in [0.4, 0.5) is 10.2 Å². The Bertz CT molecular complexity index is 707. The number of benzene rings is 1. The summed E-state index contributed by atoms with van der Waals surface area (Å²) in [5.41, 5.74) is 2.01. The second kappa shape index (κ2) is 5.02. The SMILES string of the molecule is Fc1cccc(NCc2cccc3cccnc23)n1. The van der Waals surface area contributed by atoms with Crippen LogP contribution >= 0.6 is 0 Å². The standard InChI is InChI=1S/C15H12FN3/c16-13-7-2-8-14(19-13)18-10-12-5-1-4-11-6-3-9-17-15(11)12/h1-9H,10H2,(H,18,19). The number of anilines is 1. The van der Waals surface area contributed by atoms with E-state index >= 15 is 0 Å². The number of para-hydroxylation sites is 1. The third-order valence-electron chi connectivity index (χ3n) is 2.89. The number of halogens is 1. The molecule has 0 saturated heterocycles. The van der Waals surface area contributed by atoms with Crippen molar-refractivity contribution in [3.05, 3.63) is 66.2 Å². The van der Waals surface area contributed by atoms with Crippen LogP contribution in [0.1, 0.15) is 5.56 Å². The molecule has 0 radical (unpaired) electrons. The highest BCUT2D eigenvalue weighted by Crippen LogP contribution is 2.17. The first-order chi connectivity index (χ1) is 9.33. The van der Waals surface area contributed by atoms with Gasteiger partial charge in [0.25, 0.3) is 0 Å². The largest absolute Gasteiger partial charge is 0.366 e. The molecule has 3 rings (SSSR count). The lowest BCUT2D eigenvalue weighted by Crippen LogP contribution is -2.03. The predicted molar refractivity (Wildman–Crippen MR) is 73.3 cm³/mol. The quantitative estimate of drug-likeness (QED) is 0.727. The molecular formula is C15H12FN3. The molecule has 0 aliphatic rings. The maximum atomic E-state index is 13.0. The van der Waals surface area contributed by atoms with Gasteiger partial charge in [-0.15, -0.1) is 0 Å². The Kier molecular flexibility index (Phi) is 3.06. The fourth-order valence-electron chi connectivity index (χ4n) is 2.00. The lowest BCUT2D eigenvalue weighted by Gasteiger charge is -2.08. The summed E-state index contributed by atoms with van der Waals surface area (Å²) in [5.74, 6) is 0.0361. The fourth-order valence-corrected chi connectivity index (χ4v) is 2.00. The molecule has 2 heterocycles. The van der Waals surface area contributed by atoms with Crippen LogP contribution in [-0.4, -0.2) is 9.97 Å². The molecule has 3 aromatic rings. The zero-order valence-electron chi connectivity index (χ0n) is 10.2. The molecular weight excluding hydrogens is 241 g/mol. The van der Waals surface area contributed by atoms with Crippen molar-refractivity contribution < 1.29 is 4.39 Å². The Labute approximate surface area is 110 Å². The van der Waals surface area contributed by atoms with Gasteiger partial charge in [0, 0.05) is 18.1 Å². The van der Waals surface area contributed by atoms with Gasteiger partial charge in [0.15, 0.2) is 0 Å². The molecule has 2 aromatic heterocycles. The number of hydrogen-bond donors (Lipinski definition) is 1. The lowest BCUT2D eigenvalue weighted by atomic mass is 10.1. The Morgan fingerprint density at radius 3 is 2.74 bits per heavy atom. The molecule has 0 atom stereocenters. The van der Waals surface area contributed by atoms with Gasteiger partial charge in [0.1, 0.15) is 5.82 Å². The van der Waals surface area contributed by atoms with E-state index in [1.807, 2.05) is 30.3 Å². The van der Waals surface area contributed by atoms with E-state index in [1.54, 1.807) is 18.3 Å². The van der Waals surface area contributed by atoms with Crippen molar-refractivity contribution in [2.45, 2.75) is 6.54 Å². The third kappa shape index (κ3) is 2.52. The van der Waals surface area contributed by atoms with Crippen LogP contribution in [0.5, 0.6) is 0 Å². The van der Waals surface area contributed by atoms with E-state index in [2.05, 4.69) is 15.3 Å². The van der Waals surface area contributed by atoms with E-state index in [-0.39, 0.29) is 0 Å². The summed E-state index contributed by atoms with van der Waals surface area (Å²) in [5, 5.41) is 4.19. The molecule has 94 valence electrons. The number of nitrogens with one attached hydrogen (secondary N) is 1. The van der Waals surface area contributed by atoms with Crippen LogP contribution < -0.4 is 5.32 Å². The van der Waals surface area contributed by atoms with Gasteiger partial charge in [-0.3, -0.25) is 4.98 Å². The fraction of sp³-hybridized carbons (Fsp3) is 0.0667. The topological polar surface area (TPSA) is 37.8 Å². The van der Waals surface area contributed by atoms with Crippen molar-refractivity contribution >= 4 is 16.7 Å². The molecule has 0 fully saturated rings. The number of aromatic nitrogens is 2. The normalized spacial score (nSPS) is 10.6. The third-order valence-corrected chi connectivity index (χ3v) is 2.89. The molecule has 1 N–H and O–H groups in total. The highest BCUT2D eigenvalue weighted by molar-refractivity contribution is 5.81. The maximum absolute atomic E-state index is 13.0. The van der Waals surface area contributed by atoms with E-state index in [4.69, 9.17) is 0 Å². The molecule has 0 amide bonds. The van der Waals surface area contributed by atoms with E-state index in [1.165, 1.54) is 6.07 Å². The van der Waals surface area contributed by atoms with Crippen molar-refractivity contribution in [1.29, 1.82) is 0 Å². The van der Waals surface area contributed by atoms with E-state index in [9.17, 15) is 4.39 Å². The highest BCUT2D eigenvalue weighted by atomic mass is 19.1. The summed E-state index contributed by atoms with van der Waals surface area (Å²) < 4.78 is 13.0. The van der Waals surface area contributed by atoms with Crippen LogP contribution in [0.3, 0.4) is 0 Å². The molecule has 0 spiro atoms. The highest BCUT2D eigenvalue weighted by Gasteiger charge is 2.02. The Hall–Kier alpha value is -2.49. The molecule has 1 aromatic carbocycles. The van der Waals surface area contributed by atoms with Gasteiger partial charge in [-0.25, -0.2) is 4.98 Å². The van der Waals surface area contributed by atoms with Gasteiger partial charge in [0.2, 0.25) is 5.95 Å². The molecule has 0 unspecified atom stereocenters. The van der Waals surface area contributed by atoms with Gasteiger partial charge in [-0.1, -0.05) is 30.3 Å². The monoisotopic (exact) mass is 253 g/mol. The Morgan fingerprint density at radius 2 is 1.84 bits per heavy atom. The van der Waals surface area contributed by atoms with E-state index < -0.39 is 5.95 Å². The Balaban J connectivity index is 1.86. The first-order valence-electron chi connectivity index (χ1n) is 6.02. The zero-order chi connectivity index (χ0) is 13.1. The molecule has 4 heteroatoms. The Morgan fingerprint density at radius 1 is 1.00 bits per heavy atom. The number of pyridine rings is 2. The summed E-state index contributed by atoms with van der Waals surface area (Å²) in [6.45, 7) is 0.560. The summed E-state index contributed by atoms with van der Waals surface area (Å²) in [7, 11) is 0. The molecule has 19 heavy (non-hydrogen) atoms. The minimum Gasteiger partial charge on any atom is -0.366 e. The number of hydrogen-bond acceptors (Lipinski definition) is 3. The van der Waals surface area contributed by atoms with Crippen LogP contribution in [0.25, 0.3) is 10.9 Å². The second-order valence-electron chi connectivity index (χ2n) is 4.19. The van der Waals surface area contributed by atoms with Crippen molar-refractivity contribution in [1.82, 2.24) is 9.97 Å². The number of nitrogens with zero attached hydrogens (tertiary/aromatic N) is 2. The van der Waals surface area contributed by atoms with Crippen LogP contribution in [0.2, 0.25) is 0 Å². The van der Waals surface area contributed by atoms with E-state index in [0.717, 1.165) is 16.5 Å². The van der Waals surface area contributed by atoms with Gasteiger partial charge >= 0.3 is 0 Å². The maximum Gasteiger partial charge on any atom is 0.214 e.